The minimum Gasteiger partial charge on any atom is -0.371 e. The van der Waals surface area contributed by atoms with E-state index in [4.69, 9.17) is 4.98 Å². The Morgan fingerprint density at radius 2 is 1.79 bits per heavy atom. The van der Waals surface area contributed by atoms with Crippen molar-refractivity contribution >= 4 is 22.5 Å². The standard InChI is InChI=1S/C30H30F2N6/c1-2-20-11-15-37(19-20)23-8-9-26(25(32)17-23)38-29(21-6-7-22(18-33)24(31)16-21)35-28-27(10-12-34-30(28)38)36-13-4-3-5-14-36/h6-10,12,16-17,20H,2-5,11,13-15,19H2,1H3. The predicted molar refractivity (Wildman–Crippen MR) is 146 cm³/mol. The van der Waals surface area contributed by atoms with Crippen molar-refractivity contribution in [3.63, 3.8) is 0 Å². The van der Waals surface area contributed by atoms with Crippen LogP contribution in [0.4, 0.5) is 20.2 Å². The molecule has 0 amide bonds. The second kappa shape index (κ2) is 10.1. The first-order chi connectivity index (χ1) is 18.6. The van der Waals surface area contributed by atoms with Crippen molar-refractivity contribution in [3.05, 3.63) is 65.9 Å². The van der Waals surface area contributed by atoms with Gasteiger partial charge in [0.15, 0.2) is 5.65 Å². The lowest BCUT2D eigenvalue weighted by molar-refractivity contribution is 0.569. The van der Waals surface area contributed by atoms with Crippen LogP contribution in [0.5, 0.6) is 0 Å². The molecule has 0 aliphatic carbocycles. The van der Waals surface area contributed by atoms with Crippen LogP contribution in [0.25, 0.3) is 28.2 Å². The Morgan fingerprint density at radius 3 is 2.50 bits per heavy atom. The van der Waals surface area contributed by atoms with Gasteiger partial charge in [0.05, 0.1) is 16.9 Å². The lowest BCUT2D eigenvalue weighted by Crippen LogP contribution is -2.29. The minimum absolute atomic E-state index is 0.0462. The molecule has 1 atom stereocenters. The van der Waals surface area contributed by atoms with E-state index in [-0.39, 0.29) is 11.4 Å². The maximum Gasteiger partial charge on any atom is 0.167 e. The Kier molecular flexibility index (Phi) is 6.44. The minimum atomic E-state index is -0.636. The summed E-state index contributed by atoms with van der Waals surface area (Å²) in [5.74, 6) is -0.00437. The molecule has 4 aromatic rings. The van der Waals surface area contributed by atoms with E-state index in [9.17, 15) is 9.65 Å². The van der Waals surface area contributed by atoms with E-state index in [1.807, 2.05) is 18.2 Å². The van der Waals surface area contributed by atoms with Crippen LogP contribution in [0, 0.1) is 28.9 Å². The second-order valence-electron chi connectivity index (χ2n) is 10.3. The summed E-state index contributed by atoms with van der Waals surface area (Å²) < 4.78 is 32.3. The molecule has 6 nitrogen and oxygen atoms in total. The molecular formula is C30H30F2N6. The van der Waals surface area contributed by atoms with Crippen molar-refractivity contribution in [2.24, 2.45) is 5.92 Å². The Hall–Kier alpha value is -3.99. The van der Waals surface area contributed by atoms with Crippen molar-refractivity contribution in [1.82, 2.24) is 14.5 Å². The molecule has 2 saturated heterocycles. The number of nitriles is 1. The lowest BCUT2D eigenvalue weighted by atomic mass is 10.1. The molecule has 0 saturated carbocycles. The van der Waals surface area contributed by atoms with Gasteiger partial charge in [0.1, 0.15) is 29.0 Å². The highest BCUT2D eigenvalue weighted by Crippen LogP contribution is 2.36. The van der Waals surface area contributed by atoms with Gasteiger partial charge in [0.25, 0.3) is 0 Å². The molecular weight excluding hydrogens is 482 g/mol. The molecule has 2 aromatic heterocycles. The van der Waals surface area contributed by atoms with Crippen LogP contribution in [0.15, 0.2) is 48.7 Å². The number of pyridine rings is 1. The number of anilines is 2. The highest BCUT2D eigenvalue weighted by molar-refractivity contribution is 5.90. The maximum absolute atomic E-state index is 15.9. The number of hydrogen-bond acceptors (Lipinski definition) is 5. The molecule has 1 unspecified atom stereocenters. The van der Waals surface area contributed by atoms with E-state index in [0.29, 0.717) is 34.2 Å². The number of rotatable bonds is 5. The third-order valence-electron chi connectivity index (χ3n) is 7.97. The number of nitrogens with zero attached hydrogens (tertiary/aromatic N) is 6. The number of fused-ring (bicyclic) bond motifs is 1. The number of benzene rings is 2. The van der Waals surface area contributed by atoms with Crippen LogP contribution in [0.1, 0.15) is 44.6 Å². The number of halogens is 2. The van der Waals surface area contributed by atoms with Crippen LogP contribution >= 0.6 is 0 Å². The van der Waals surface area contributed by atoms with Crippen LogP contribution in [0.3, 0.4) is 0 Å². The quantitative estimate of drug-likeness (QED) is 0.307. The summed E-state index contributed by atoms with van der Waals surface area (Å²) in [5, 5.41) is 9.21. The summed E-state index contributed by atoms with van der Waals surface area (Å²) in [6.07, 6.45) is 7.36. The zero-order chi connectivity index (χ0) is 26.2. The third kappa shape index (κ3) is 4.26. The van der Waals surface area contributed by atoms with Gasteiger partial charge in [0, 0.05) is 43.6 Å². The molecule has 4 heterocycles. The van der Waals surface area contributed by atoms with Gasteiger partial charge in [-0.3, -0.25) is 4.57 Å². The molecule has 0 bridgehead atoms. The summed E-state index contributed by atoms with van der Waals surface area (Å²) in [4.78, 5) is 14.1. The van der Waals surface area contributed by atoms with E-state index < -0.39 is 5.82 Å². The zero-order valence-corrected chi connectivity index (χ0v) is 21.5. The Bertz CT molecular complexity index is 1530. The first-order valence-corrected chi connectivity index (χ1v) is 13.4. The lowest BCUT2D eigenvalue weighted by Gasteiger charge is -2.28. The Balaban J connectivity index is 1.51. The molecule has 2 aromatic carbocycles. The molecule has 2 aliphatic rings. The van der Waals surface area contributed by atoms with E-state index >= 15 is 4.39 Å². The monoisotopic (exact) mass is 512 g/mol. The molecule has 194 valence electrons. The summed E-state index contributed by atoms with van der Waals surface area (Å²) in [7, 11) is 0. The average Bonchev–Trinajstić information content (AvgIpc) is 3.59. The highest BCUT2D eigenvalue weighted by atomic mass is 19.1. The van der Waals surface area contributed by atoms with Crippen molar-refractivity contribution in [2.45, 2.75) is 39.0 Å². The summed E-state index contributed by atoms with van der Waals surface area (Å²) in [6, 6.07) is 13.5. The summed E-state index contributed by atoms with van der Waals surface area (Å²) in [6.45, 7) is 5.89. The molecule has 0 N–H and O–H groups in total. The fourth-order valence-corrected chi connectivity index (χ4v) is 5.79. The number of aromatic nitrogens is 3. The number of imidazole rings is 1. The average molecular weight is 513 g/mol. The first kappa shape index (κ1) is 24.4. The van der Waals surface area contributed by atoms with Crippen LogP contribution < -0.4 is 9.80 Å². The van der Waals surface area contributed by atoms with E-state index in [1.165, 1.54) is 18.6 Å². The SMILES string of the molecule is CCC1CCN(c2ccc(-n3c(-c4ccc(C#N)c(F)c4)nc4c(N5CCCCC5)ccnc43)c(F)c2)C1. The van der Waals surface area contributed by atoms with Crippen molar-refractivity contribution < 1.29 is 8.78 Å². The van der Waals surface area contributed by atoms with Crippen LogP contribution in [-0.4, -0.2) is 40.7 Å². The van der Waals surface area contributed by atoms with Gasteiger partial charge in [-0.15, -0.1) is 0 Å². The molecule has 0 radical (unpaired) electrons. The maximum atomic E-state index is 15.9. The Labute approximate surface area is 221 Å². The molecule has 2 aliphatic heterocycles. The molecule has 0 spiro atoms. The van der Waals surface area contributed by atoms with Gasteiger partial charge in [-0.1, -0.05) is 13.3 Å². The Morgan fingerprint density at radius 1 is 0.947 bits per heavy atom. The van der Waals surface area contributed by atoms with Gasteiger partial charge >= 0.3 is 0 Å². The highest BCUT2D eigenvalue weighted by Gasteiger charge is 2.25. The number of hydrogen-bond donors (Lipinski definition) is 0. The van der Waals surface area contributed by atoms with Crippen molar-refractivity contribution in [3.8, 4) is 23.1 Å². The van der Waals surface area contributed by atoms with Crippen molar-refractivity contribution in [2.75, 3.05) is 36.0 Å². The van der Waals surface area contributed by atoms with Crippen LogP contribution in [-0.2, 0) is 0 Å². The smallest absolute Gasteiger partial charge is 0.167 e. The van der Waals surface area contributed by atoms with Crippen molar-refractivity contribution in [1.29, 1.82) is 5.26 Å². The summed E-state index contributed by atoms with van der Waals surface area (Å²) >= 11 is 0. The first-order valence-electron chi connectivity index (χ1n) is 13.4. The van der Waals surface area contributed by atoms with Gasteiger partial charge in [-0.25, -0.2) is 18.7 Å². The van der Waals surface area contributed by atoms with Gasteiger partial charge in [-0.05, 0) is 74.1 Å². The largest absolute Gasteiger partial charge is 0.371 e. The summed E-state index contributed by atoms with van der Waals surface area (Å²) in [5.41, 5.74) is 3.70. The second-order valence-corrected chi connectivity index (χ2v) is 10.3. The molecule has 2 fully saturated rings. The predicted octanol–water partition coefficient (Wildman–Crippen LogP) is 6.46. The normalized spacial score (nSPS) is 17.8. The van der Waals surface area contributed by atoms with E-state index in [2.05, 4.69) is 21.7 Å². The van der Waals surface area contributed by atoms with E-state index in [1.54, 1.807) is 29.0 Å². The molecule has 6 rings (SSSR count). The van der Waals surface area contributed by atoms with Gasteiger partial charge < -0.3 is 9.80 Å². The van der Waals surface area contributed by atoms with Gasteiger partial charge in [-0.2, -0.15) is 5.26 Å². The topological polar surface area (TPSA) is 61.0 Å². The molecule has 38 heavy (non-hydrogen) atoms. The fraction of sp³-hybridized carbons (Fsp3) is 0.367. The van der Waals surface area contributed by atoms with Crippen LogP contribution in [0.2, 0.25) is 0 Å². The zero-order valence-electron chi connectivity index (χ0n) is 21.5. The van der Waals surface area contributed by atoms with Gasteiger partial charge in [0.2, 0.25) is 0 Å². The fourth-order valence-electron chi connectivity index (χ4n) is 5.79. The number of piperidine rings is 1. The molecule has 8 heteroatoms. The third-order valence-corrected chi connectivity index (χ3v) is 7.97. The van der Waals surface area contributed by atoms with E-state index in [0.717, 1.165) is 63.2 Å².